The molecule has 0 aliphatic carbocycles. The summed E-state index contributed by atoms with van der Waals surface area (Å²) in [5, 5.41) is 2.57. The fraction of sp³-hybridized carbons (Fsp3) is 0.300. The lowest BCUT2D eigenvalue weighted by Crippen LogP contribution is -2.18. The maximum Gasteiger partial charge on any atom is 0.254 e. The van der Waals surface area contributed by atoms with Crippen LogP contribution in [-0.2, 0) is 0 Å². The zero-order chi connectivity index (χ0) is 10.6. The highest BCUT2D eigenvalue weighted by molar-refractivity contribution is 7.98. The summed E-state index contributed by atoms with van der Waals surface area (Å²) in [6.07, 6.45) is 1.98. The van der Waals surface area contributed by atoms with Gasteiger partial charge in [0, 0.05) is 11.9 Å². The van der Waals surface area contributed by atoms with Crippen molar-refractivity contribution >= 4 is 17.7 Å². The first kappa shape index (κ1) is 10.9. The minimum absolute atomic E-state index is 0.130. The van der Waals surface area contributed by atoms with E-state index in [1.807, 2.05) is 18.4 Å². The number of benzene rings is 1. The van der Waals surface area contributed by atoms with E-state index < -0.39 is 0 Å². The monoisotopic (exact) mass is 211 g/mol. The van der Waals surface area contributed by atoms with Crippen LogP contribution in [0.5, 0.6) is 5.75 Å². The van der Waals surface area contributed by atoms with Gasteiger partial charge in [-0.05, 0) is 24.5 Å². The van der Waals surface area contributed by atoms with Crippen LogP contribution in [0.3, 0.4) is 0 Å². The number of thioether (sulfide) groups is 1. The Morgan fingerprint density at radius 1 is 1.50 bits per heavy atom. The maximum absolute atomic E-state index is 11.4. The molecule has 0 saturated heterocycles. The maximum atomic E-state index is 11.4. The van der Waals surface area contributed by atoms with Gasteiger partial charge in [-0.1, -0.05) is 0 Å². The van der Waals surface area contributed by atoms with Gasteiger partial charge in [-0.2, -0.15) is 0 Å². The van der Waals surface area contributed by atoms with Gasteiger partial charge in [0.2, 0.25) is 0 Å². The number of nitrogens with one attached hydrogen (secondary N) is 1. The Kier molecular flexibility index (Phi) is 3.83. The molecule has 3 nitrogen and oxygen atoms in total. The van der Waals surface area contributed by atoms with Gasteiger partial charge in [-0.15, -0.1) is 11.8 Å². The second-order valence-corrected chi connectivity index (χ2v) is 3.52. The zero-order valence-corrected chi connectivity index (χ0v) is 9.27. The van der Waals surface area contributed by atoms with Gasteiger partial charge in [0.1, 0.15) is 5.75 Å². The second-order valence-electron chi connectivity index (χ2n) is 2.65. The molecule has 14 heavy (non-hydrogen) atoms. The lowest BCUT2D eigenvalue weighted by atomic mass is 10.2. The van der Waals surface area contributed by atoms with Crippen molar-refractivity contribution in [3.63, 3.8) is 0 Å². The van der Waals surface area contributed by atoms with Crippen LogP contribution in [0.2, 0.25) is 0 Å². The highest BCUT2D eigenvalue weighted by Crippen LogP contribution is 2.24. The third-order valence-corrected chi connectivity index (χ3v) is 2.61. The Morgan fingerprint density at radius 2 is 2.21 bits per heavy atom. The Balaban J connectivity index is 3.11. The molecule has 0 aliphatic heterocycles. The number of amides is 1. The van der Waals surface area contributed by atoms with Crippen molar-refractivity contribution in [3.8, 4) is 5.75 Å². The second kappa shape index (κ2) is 4.91. The van der Waals surface area contributed by atoms with Gasteiger partial charge >= 0.3 is 0 Å². The summed E-state index contributed by atoms with van der Waals surface area (Å²) in [5.74, 6) is 0.478. The molecule has 0 aromatic heterocycles. The van der Waals surface area contributed by atoms with Crippen LogP contribution in [0.1, 0.15) is 10.4 Å². The SMILES string of the molecule is CNC(=O)c1ccc(SC)cc1OC. The summed E-state index contributed by atoms with van der Waals surface area (Å²) < 4.78 is 5.14. The van der Waals surface area contributed by atoms with Gasteiger partial charge in [-0.25, -0.2) is 0 Å². The van der Waals surface area contributed by atoms with Crippen LogP contribution in [0, 0.1) is 0 Å². The molecule has 0 atom stereocenters. The van der Waals surface area contributed by atoms with Crippen LogP contribution in [0.15, 0.2) is 23.1 Å². The number of rotatable bonds is 3. The number of hydrogen-bond donors (Lipinski definition) is 1. The molecule has 1 amide bonds. The van der Waals surface area contributed by atoms with Gasteiger partial charge in [0.25, 0.3) is 5.91 Å². The van der Waals surface area contributed by atoms with E-state index >= 15 is 0 Å². The van der Waals surface area contributed by atoms with E-state index in [1.165, 1.54) is 0 Å². The fourth-order valence-electron chi connectivity index (χ4n) is 1.12. The lowest BCUT2D eigenvalue weighted by Gasteiger charge is -2.08. The smallest absolute Gasteiger partial charge is 0.254 e. The molecule has 0 radical (unpaired) electrons. The molecule has 0 fully saturated rings. The molecular formula is C10H13NO2S. The topological polar surface area (TPSA) is 38.3 Å². The first-order valence-corrected chi connectivity index (χ1v) is 5.39. The summed E-state index contributed by atoms with van der Waals surface area (Å²) in [4.78, 5) is 12.5. The van der Waals surface area contributed by atoms with E-state index in [0.29, 0.717) is 11.3 Å². The average Bonchev–Trinajstić information content (AvgIpc) is 2.27. The van der Waals surface area contributed by atoms with Crippen LogP contribution >= 0.6 is 11.8 Å². The molecule has 76 valence electrons. The van der Waals surface area contributed by atoms with Crippen LogP contribution in [0.25, 0.3) is 0 Å². The van der Waals surface area contributed by atoms with E-state index in [0.717, 1.165) is 4.90 Å². The summed E-state index contributed by atoms with van der Waals surface area (Å²) in [7, 11) is 3.16. The van der Waals surface area contributed by atoms with Crippen molar-refractivity contribution in [2.75, 3.05) is 20.4 Å². The number of hydrogen-bond acceptors (Lipinski definition) is 3. The van der Waals surface area contributed by atoms with Gasteiger partial charge in [0.05, 0.1) is 12.7 Å². The average molecular weight is 211 g/mol. The summed E-state index contributed by atoms with van der Waals surface area (Å²) in [5.41, 5.74) is 0.563. The normalized spacial score (nSPS) is 9.64. The predicted octanol–water partition coefficient (Wildman–Crippen LogP) is 1.78. The zero-order valence-electron chi connectivity index (χ0n) is 8.46. The van der Waals surface area contributed by atoms with E-state index in [9.17, 15) is 4.79 Å². The lowest BCUT2D eigenvalue weighted by molar-refractivity contribution is 0.0960. The van der Waals surface area contributed by atoms with Crippen molar-refractivity contribution in [1.82, 2.24) is 5.32 Å². The number of carbonyl (C=O) groups excluding carboxylic acids is 1. The third-order valence-electron chi connectivity index (χ3n) is 1.88. The van der Waals surface area contributed by atoms with Crippen molar-refractivity contribution in [1.29, 1.82) is 0 Å². The van der Waals surface area contributed by atoms with Gasteiger partial charge in [-0.3, -0.25) is 4.79 Å². The first-order chi connectivity index (χ1) is 6.72. The Hall–Kier alpha value is -1.16. The molecule has 1 aromatic carbocycles. The Bertz CT molecular complexity index is 339. The fourth-order valence-corrected chi connectivity index (χ4v) is 1.55. The van der Waals surface area contributed by atoms with E-state index in [2.05, 4.69) is 5.32 Å². The highest BCUT2D eigenvalue weighted by Gasteiger charge is 2.10. The molecule has 0 saturated carbocycles. The standard InChI is InChI=1S/C10H13NO2S/c1-11-10(12)8-5-4-7(14-3)6-9(8)13-2/h4-6H,1-3H3,(H,11,12). The van der Waals surface area contributed by atoms with E-state index in [4.69, 9.17) is 4.74 Å². The van der Waals surface area contributed by atoms with Crippen molar-refractivity contribution in [2.45, 2.75) is 4.90 Å². The first-order valence-electron chi connectivity index (χ1n) is 4.17. The highest BCUT2D eigenvalue weighted by atomic mass is 32.2. The van der Waals surface area contributed by atoms with Crippen LogP contribution in [-0.4, -0.2) is 26.3 Å². The molecule has 0 bridgehead atoms. The molecule has 0 spiro atoms. The minimum Gasteiger partial charge on any atom is -0.496 e. The number of methoxy groups -OCH3 is 1. The molecule has 1 rings (SSSR count). The Labute approximate surface area is 87.8 Å². The summed E-state index contributed by atoms with van der Waals surface area (Å²) in [6, 6.07) is 5.52. The van der Waals surface area contributed by atoms with Crippen molar-refractivity contribution < 1.29 is 9.53 Å². The van der Waals surface area contributed by atoms with Gasteiger partial charge < -0.3 is 10.1 Å². The molecular weight excluding hydrogens is 198 g/mol. The third kappa shape index (κ3) is 2.20. The van der Waals surface area contributed by atoms with E-state index in [1.54, 1.807) is 32.0 Å². The molecule has 4 heteroatoms. The molecule has 0 unspecified atom stereocenters. The molecule has 1 N–H and O–H groups in total. The summed E-state index contributed by atoms with van der Waals surface area (Å²) in [6.45, 7) is 0. The largest absolute Gasteiger partial charge is 0.496 e. The molecule has 0 aliphatic rings. The van der Waals surface area contributed by atoms with Crippen molar-refractivity contribution in [2.24, 2.45) is 0 Å². The van der Waals surface area contributed by atoms with Crippen LogP contribution < -0.4 is 10.1 Å². The quantitative estimate of drug-likeness (QED) is 0.774. The number of ether oxygens (including phenoxy) is 1. The molecule has 0 heterocycles. The van der Waals surface area contributed by atoms with Crippen LogP contribution in [0.4, 0.5) is 0 Å². The van der Waals surface area contributed by atoms with Gasteiger partial charge in [0.15, 0.2) is 0 Å². The predicted molar refractivity (Wildman–Crippen MR) is 58.2 cm³/mol. The van der Waals surface area contributed by atoms with E-state index in [-0.39, 0.29) is 5.91 Å². The summed E-state index contributed by atoms with van der Waals surface area (Å²) >= 11 is 1.61. The van der Waals surface area contributed by atoms with Crippen molar-refractivity contribution in [3.05, 3.63) is 23.8 Å². The molecule has 1 aromatic rings. The Morgan fingerprint density at radius 3 is 2.71 bits per heavy atom. The minimum atomic E-state index is -0.130. The number of carbonyl (C=O) groups is 1.